The van der Waals surface area contributed by atoms with E-state index < -0.39 is 4.92 Å². The smallest absolute Gasteiger partial charge is 0.270 e. The van der Waals surface area contributed by atoms with Gasteiger partial charge in [0.1, 0.15) is 0 Å². The van der Waals surface area contributed by atoms with Gasteiger partial charge >= 0.3 is 0 Å². The summed E-state index contributed by atoms with van der Waals surface area (Å²) in [5.74, 6) is -0.266. The summed E-state index contributed by atoms with van der Waals surface area (Å²) < 4.78 is 0. The number of rotatable bonds is 3. The normalized spacial score (nSPS) is 20.8. The number of carbonyl (C=O) groups is 1. The monoisotopic (exact) mass is 310 g/mol. The molecule has 0 spiro atoms. The van der Waals surface area contributed by atoms with Crippen molar-refractivity contribution in [2.75, 3.05) is 0 Å². The van der Waals surface area contributed by atoms with E-state index in [1.807, 2.05) is 0 Å². The van der Waals surface area contributed by atoms with Crippen molar-refractivity contribution in [3.63, 3.8) is 0 Å². The second-order valence-electron chi connectivity index (χ2n) is 6.35. The van der Waals surface area contributed by atoms with Gasteiger partial charge in [-0.25, -0.2) is 0 Å². The molecule has 1 aromatic carbocycles. The van der Waals surface area contributed by atoms with Gasteiger partial charge in [0.15, 0.2) is 0 Å². The summed E-state index contributed by atoms with van der Waals surface area (Å²) >= 11 is 5.98. The highest BCUT2D eigenvalue weighted by atomic mass is 35.5. The van der Waals surface area contributed by atoms with E-state index >= 15 is 0 Å². The highest BCUT2D eigenvalue weighted by molar-refractivity contribution is 6.34. The van der Waals surface area contributed by atoms with Gasteiger partial charge in [0.05, 0.1) is 15.5 Å². The summed E-state index contributed by atoms with van der Waals surface area (Å²) in [5, 5.41) is 13.8. The molecular formula is C15H19ClN2O3. The summed E-state index contributed by atoms with van der Waals surface area (Å²) in [6.45, 7) is 4.40. The number of nitro benzene ring substituents is 1. The zero-order valence-electron chi connectivity index (χ0n) is 12.2. The van der Waals surface area contributed by atoms with Gasteiger partial charge in [0.2, 0.25) is 0 Å². The van der Waals surface area contributed by atoms with Crippen LogP contribution in [-0.4, -0.2) is 16.9 Å². The van der Waals surface area contributed by atoms with E-state index in [9.17, 15) is 14.9 Å². The molecule has 2 rings (SSSR count). The molecule has 0 aliphatic heterocycles. The van der Waals surface area contributed by atoms with Gasteiger partial charge in [0.25, 0.3) is 11.6 Å². The lowest BCUT2D eigenvalue weighted by Crippen LogP contribution is -2.40. The van der Waals surface area contributed by atoms with Crippen molar-refractivity contribution in [3.05, 3.63) is 38.9 Å². The molecule has 1 aromatic rings. The number of nitrogens with one attached hydrogen (secondary N) is 1. The minimum Gasteiger partial charge on any atom is -0.349 e. The molecule has 1 fully saturated rings. The number of nitro groups is 1. The SMILES string of the molecule is CC1(C)CCCC(NC(=O)c2ccc([N+](=O)[O-])cc2Cl)C1. The number of nitrogens with zero attached hydrogens (tertiary/aromatic N) is 1. The molecule has 1 N–H and O–H groups in total. The fraction of sp³-hybridized carbons (Fsp3) is 0.533. The Kier molecular flexibility index (Phi) is 4.52. The Labute approximate surface area is 128 Å². The first-order chi connectivity index (χ1) is 9.78. The first-order valence-corrected chi connectivity index (χ1v) is 7.41. The average molecular weight is 311 g/mol. The number of non-ortho nitro benzene ring substituents is 1. The molecule has 21 heavy (non-hydrogen) atoms. The average Bonchev–Trinajstić information content (AvgIpc) is 2.36. The standard InChI is InChI=1S/C15H19ClN2O3/c1-15(2)7-3-4-10(9-15)17-14(19)12-6-5-11(18(20)21)8-13(12)16/h5-6,8,10H,3-4,7,9H2,1-2H3,(H,17,19). The number of benzene rings is 1. The fourth-order valence-corrected chi connectivity index (χ4v) is 3.15. The zero-order chi connectivity index (χ0) is 15.6. The third-order valence-corrected chi connectivity index (χ3v) is 4.26. The first kappa shape index (κ1) is 15.8. The number of amides is 1. The molecule has 1 aliphatic carbocycles. The summed E-state index contributed by atoms with van der Waals surface area (Å²) in [6.07, 6.45) is 4.15. The van der Waals surface area contributed by atoms with Gasteiger partial charge in [0, 0.05) is 18.2 Å². The van der Waals surface area contributed by atoms with Crippen LogP contribution >= 0.6 is 11.6 Å². The van der Waals surface area contributed by atoms with E-state index in [0.29, 0.717) is 0 Å². The third-order valence-electron chi connectivity index (χ3n) is 3.95. The van der Waals surface area contributed by atoms with Gasteiger partial charge in [-0.15, -0.1) is 0 Å². The van der Waals surface area contributed by atoms with E-state index in [-0.39, 0.29) is 33.6 Å². The number of carbonyl (C=O) groups excluding carboxylic acids is 1. The third kappa shape index (κ3) is 3.94. The molecule has 6 heteroatoms. The van der Waals surface area contributed by atoms with Crippen molar-refractivity contribution in [1.82, 2.24) is 5.32 Å². The Bertz CT molecular complexity index is 572. The van der Waals surface area contributed by atoms with Crippen molar-refractivity contribution in [3.8, 4) is 0 Å². The molecule has 114 valence electrons. The van der Waals surface area contributed by atoms with Gasteiger partial charge < -0.3 is 5.32 Å². The van der Waals surface area contributed by atoms with Crippen LogP contribution in [0.2, 0.25) is 5.02 Å². The Morgan fingerprint density at radius 3 is 2.76 bits per heavy atom. The lowest BCUT2D eigenvalue weighted by Gasteiger charge is -2.35. The summed E-state index contributed by atoms with van der Waals surface area (Å²) in [5.41, 5.74) is 0.399. The van der Waals surface area contributed by atoms with Crippen LogP contribution in [-0.2, 0) is 0 Å². The predicted molar refractivity (Wildman–Crippen MR) is 81.6 cm³/mol. The molecule has 1 atom stereocenters. The maximum Gasteiger partial charge on any atom is 0.270 e. The molecule has 0 bridgehead atoms. The molecule has 1 amide bonds. The Morgan fingerprint density at radius 1 is 1.48 bits per heavy atom. The van der Waals surface area contributed by atoms with Crippen LogP contribution in [0, 0.1) is 15.5 Å². The Morgan fingerprint density at radius 2 is 2.19 bits per heavy atom. The van der Waals surface area contributed by atoms with Crippen LogP contribution in [0.3, 0.4) is 0 Å². The molecule has 0 aromatic heterocycles. The second-order valence-corrected chi connectivity index (χ2v) is 6.76. The van der Waals surface area contributed by atoms with Gasteiger partial charge in [-0.05, 0) is 30.7 Å². The van der Waals surface area contributed by atoms with E-state index in [2.05, 4.69) is 19.2 Å². The number of hydrogen-bond donors (Lipinski definition) is 1. The van der Waals surface area contributed by atoms with Crippen LogP contribution in [0.15, 0.2) is 18.2 Å². The van der Waals surface area contributed by atoms with Crippen molar-refractivity contribution in [2.24, 2.45) is 5.41 Å². The molecule has 1 unspecified atom stereocenters. The fourth-order valence-electron chi connectivity index (χ4n) is 2.89. The van der Waals surface area contributed by atoms with Crippen LogP contribution in [0.25, 0.3) is 0 Å². The van der Waals surface area contributed by atoms with Crippen molar-refractivity contribution in [1.29, 1.82) is 0 Å². The van der Waals surface area contributed by atoms with E-state index in [1.165, 1.54) is 18.2 Å². The predicted octanol–water partition coefficient (Wildman–Crippen LogP) is 3.95. The molecule has 0 heterocycles. The van der Waals surface area contributed by atoms with Crippen molar-refractivity contribution in [2.45, 2.75) is 45.6 Å². The maximum atomic E-state index is 12.3. The molecule has 5 nitrogen and oxygen atoms in total. The summed E-state index contributed by atoms with van der Waals surface area (Å²) in [7, 11) is 0. The number of hydrogen-bond acceptors (Lipinski definition) is 3. The minimum atomic E-state index is -0.531. The highest BCUT2D eigenvalue weighted by Crippen LogP contribution is 2.35. The lowest BCUT2D eigenvalue weighted by molar-refractivity contribution is -0.384. The van der Waals surface area contributed by atoms with Crippen molar-refractivity contribution >= 4 is 23.2 Å². The van der Waals surface area contributed by atoms with E-state index in [4.69, 9.17) is 11.6 Å². The van der Waals surface area contributed by atoms with Gasteiger partial charge in [-0.1, -0.05) is 31.9 Å². The van der Waals surface area contributed by atoms with Crippen LogP contribution in [0.1, 0.15) is 49.9 Å². The highest BCUT2D eigenvalue weighted by Gasteiger charge is 2.29. The maximum absolute atomic E-state index is 12.3. The summed E-state index contributed by atoms with van der Waals surface area (Å²) in [4.78, 5) is 22.4. The quantitative estimate of drug-likeness (QED) is 0.678. The van der Waals surface area contributed by atoms with Crippen LogP contribution < -0.4 is 5.32 Å². The van der Waals surface area contributed by atoms with Crippen LogP contribution in [0.4, 0.5) is 5.69 Å². The lowest BCUT2D eigenvalue weighted by atomic mass is 9.75. The Balaban J connectivity index is 2.08. The molecule has 0 radical (unpaired) electrons. The van der Waals surface area contributed by atoms with E-state index in [0.717, 1.165) is 25.7 Å². The molecular weight excluding hydrogens is 292 g/mol. The molecule has 1 saturated carbocycles. The minimum absolute atomic E-state index is 0.108. The Hall–Kier alpha value is -1.62. The summed E-state index contributed by atoms with van der Waals surface area (Å²) in [6, 6.07) is 4.05. The van der Waals surface area contributed by atoms with Crippen molar-refractivity contribution < 1.29 is 9.72 Å². The van der Waals surface area contributed by atoms with E-state index in [1.54, 1.807) is 0 Å². The molecule has 1 aliphatic rings. The zero-order valence-corrected chi connectivity index (χ0v) is 12.9. The topological polar surface area (TPSA) is 72.2 Å². The van der Waals surface area contributed by atoms with Crippen LogP contribution in [0.5, 0.6) is 0 Å². The first-order valence-electron chi connectivity index (χ1n) is 7.03. The number of halogens is 1. The van der Waals surface area contributed by atoms with Gasteiger partial charge in [-0.2, -0.15) is 0 Å². The second kappa shape index (κ2) is 6.02. The van der Waals surface area contributed by atoms with Gasteiger partial charge in [-0.3, -0.25) is 14.9 Å². The molecule has 0 saturated heterocycles. The largest absolute Gasteiger partial charge is 0.349 e.